The number of likely N-dealkylation sites (N-methyl/N-ethyl adjacent to an activating group) is 1. The van der Waals surface area contributed by atoms with Crippen LogP contribution in [0.2, 0.25) is 0 Å². The average Bonchev–Trinajstić information content (AvgIpc) is 2.15. The molecule has 0 saturated carbocycles. The van der Waals surface area contributed by atoms with Crippen molar-refractivity contribution in [3.8, 4) is 12.3 Å². The van der Waals surface area contributed by atoms with Crippen LogP contribution >= 0.6 is 0 Å². The second-order valence-corrected chi connectivity index (χ2v) is 2.81. The fraction of sp³-hybridized carbons (Fsp3) is 0.556. The van der Waals surface area contributed by atoms with E-state index >= 15 is 0 Å². The van der Waals surface area contributed by atoms with Gasteiger partial charge < -0.3 is 15.3 Å². The maximum absolute atomic E-state index is 11.2. The monoisotopic (exact) mass is 198 g/mol. The lowest BCUT2D eigenvalue weighted by Crippen LogP contribution is -2.45. The molecule has 0 aromatic heterocycles. The number of carbonyl (C=O) groups is 2. The van der Waals surface area contributed by atoms with Crippen LogP contribution in [0.25, 0.3) is 0 Å². The number of carboxylic acid groups (broad SMARTS) is 1. The van der Waals surface area contributed by atoms with Crippen molar-refractivity contribution in [1.29, 1.82) is 0 Å². The fourth-order valence-corrected chi connectivity index (χ4v) is 0.708. The van der Waals surface area contributed by atoms with Crippen LogP contribution in [0.3, 0.4) is 0 Å². The quantitative estimate of drug-likeness (QED) is 0.498. The third-order valence-electron chi connectivity index (χ3n) is 1.80. The van der Waals surface area contributed by atoms with Crippen molar-refractivity contribution in [2.24, 2.45) is 0 Å². The second kappa shape index (κ2) is 5.86. The van der Waals surface area contributed by atoms with Crippen LogP contribution in [0.4, 0.5) is 4.79 Å². The Labute approximate surface area is 83.1 Å². The van der Waals surface area contributed by atoms with Gasteiger partial charge in [-0.25, -0.2) is 9.59 Å². The number of carbonyl (C=O) groups excluding carboxylic acids is 1. The predicted molar refractivity (Wildman–Crippen MR) is 51.7 cm³/mol. The molecular formula is C9H14N2O3. The van der Waals surface area contributed by atoms with Crippen molar-refractivity contribution in [3.63, 3.8) is 0 Å². The number of hydrogen-bond donors (Lipinski definition) is 2. The molecule has 78 valence electrons. The summed E-state index contributed by atoms with van der Waals surface area (Å²) < 4.78 is 0. The minimum atomic E-state index is -1.04. The zero-order chi connectivity index (χ0) is 11.1. The standard InChI is InChI=1S/C9H14N2O3/c1-4-5-6-10-9(14)11(3)7(2)8(12)13/h1,7H,5-6H2,2-3H3,(H,10,14)(H,12,13). The van der Waals surface area contributed by atoms with E-state index in [4.69, 9.17) is 11.5 Å². The van der Waals surface area contributed by atoms with Crippen LogP contribution in [-0.4, -0.2) is 41.6 Å². The molecule has 0 aromatic carbocycles. The van der Waals surface area contributed by atoms with Crippen LogP contribution < -0.4 is 5.32 Å². The van der Waals surface area contributed by atoms with Crippen LogP contribution in [0.1, 0.15) is 13.3 Å². The van der Waals surface area contributed by atoms with Gasteiger partial charge in [0.05, 0.1) is 0 Å². The third kappa shape index (κ3) is 3.81. The summed E-state index contributed by atoms with van der Waals surface area (Å²) >= 11 is 0. The summed E-state index contributed by atoms with van der Waals surface area (Å²) in [5.74, 6) is 1.32. The highest BCUT2D eigenvalue weighted by Crippen LogP contribution is 1.95. The molecule has 1 atom stereocenters. The maximum Gasteiger partial charge on any atom is 0.326 e. The van der Waals surface area contributed by atoms with Crippen molar-refractivity contribution in [3.05, 3.63) is 0 Å². The van der Waals surface area contributed by atoms with E-state index < -0.39 is 18.0 Å². The summed E-state index contributed by atoms with van der Waals surface area (Å²) in [5.41, 5.74) is 0. The van der Waals surface area contributed by atoms with E-state index in [0.717, 1.165) is 4.90 Å². The van der Waals surface area contributed by atoms with Crippen molar-refractivity contribution in [2.45, 2.75) is 19.4 Å². The molecule has 0 bridgehead atoms. The Morgan fingerprint density at radius 3 is 2.64 bits per heavy atom. The molecule has 14 heavy (non-hydrogen) atoms. The van der Waals surface area contributed by atoms with Gasteiger partial charge in [-0.3, -0.25) is 0 Å². The molecule has 5 nitrogen and oxygen atoms in total. The van der Waals surface area contributed by atoms with E-state index in [2.05, 4.69) is 11.2 Å². The Morgan fingerprint density at radius 1 is 1.64 bits per heavy atom. The molecule has 0 fully saturated rings. The summed E-state index contributed by atoms with van der Waals surface area (Å²) in [4.78, 5) is 22.9. The van der Waals surface area contributed by atoms with Gasteiger partial charge in [0.1, 0.15) is 6.04 Å². The van der Waals surface area contributed by atoms with Gasteiger partial charge in [0.15, 0.2) is 0 Å². The SMILES string of the molecule is C#CCCNC(=O)N(C)C(C)C(=O)O. The van der Waals surface area contributed by atoms with Crippen LogP contribution in [0.5, 0.6) is 0 Å². The first-order valence-electron chi connectivity index (χ1n) is 4.17. The summed E-state index contributed by atoms with van der Waals surface area (Å²) in [6, 6.07) is -1.28. The van der Waals surface area contributed by atoms with E-state index in [1.165, 1.54) is 14.0 Å². The van der Waals surface area contributed by atoms with Crippen molar-refractivity contribution in [1.82, 2.24) is 10.2 Å². The van der Waals surface area contributed by atoms with E-state index in [9.17, 15) is 9.59 Å². The first-order valence-corrected chi connectivity index (χ1v) is 4.17. The highest BCUT2D eigenvalue weighted by atomic mass is 16.4. The molecule has 0 saturated heterocycles. The Bertz CT molecular complexity index is 257. The largest absolute Gasteiger partial charge is 0.480 e. The summed E-state index contributed by atoms with van der Waals surface area (Å²) in [5, 5.41) is 11.1. The molecular weight excluding hydrogens is 184 g/mol. The molecule has 0 radical (unpaired) electrons. The number of urea groups is 1. The number of terminal acetylenes is 1. The number of nitrogens with one attached hydrogen (secondary N) is 1. The lowest BCUT2D eigenvalue weighted by atomic mass is 10.3. The zero-order valence-electron chi connectivity index (χ0n) is 8.28. The number of aliphatic carboxylic acids is 1. The van der Waals surface area contributed by atoms with Crippen molar-refractivity contribution < 1.29 is 14.7 Å². The molecule has 5 heteroatoms. The molecule has 0 aliphatic rings. The Balaban J connectivity index is 4.00. The summed E-state index contributed by atoms with van der Waals surface area (Å²) in [6.45, 7) is 1.79. The van der Waals surface area contributed by atoms with Gasteiger partial charge in [0.25, 0.3) is 0 Å². The number of nitrogens with zero attached hydrogens (tertiary/aromatic N) is 1. The van der Waals surface area contributed by atoms with Crippen molar-refractivity contribution >= 4 is 12.0 Å². The predicted octanol–water partition coefficient (Wildman–Crippen LogP) is 0.124. The Hall–Kier alpha value is -1.70. The number of carboxylic acids is 1. The summed E-state index contributed by atoms with van der Waals surface area (Å²) in [6.07, 6.45) is 5.42. The smallest absolute Gasteiger partial charge is 0.326 e. The maximum atomic E-state index is 11.2. The van der Waals surface area contributed by atoms with Gasteiger partial charge in [-0.1, -0.05) is 0 Å². The fourth-order valence-electron chi connectivity index (χ4n) is 0.708. The lowest BCUT2D eigenvalue weighted by Gasteiger charge is -2.21. The molecule has 1 unspecified atom stereocenters. The third-order valence-corrected chi connectivity index (χ3v) is 1.80. The molecule has 0 heterocycles. The first-order chi connectivity index (χ1) is 6.50. The molecule has 2 amide bonds. The highest BCUT2D eigenvalue weighted by Gasteiger charge is 2.20. The van der Waals surface area contributed by atoms with Gasteiger partial charge in [-0.05, 0) is 6.92 Å². The zero-order valence-corrected chi connectivity index (χ0v) is 8.28. The molecule has 2 N–H and O–H groups in total. The number of hydrogen-bond acceptors (Lipinski definition) is 2. The van der Waals surface area contributed by atoms with Gasteiger partial charge in [-0.15, -0.1) is 12.3 Å². The van der Waals surface area contributed by atoms with Gasteiger partial charge >= 0.3 is 12.0 Å². The lowest BCUT2D eigenvalue weighted by molar-refractivity contribution is -0.141. The Morgan fingerprint density at radius 2 is 2.21 bits per heavy atom. The van der Waals surface area contributed by atoms with E-state index in [0.29, 0.717) is 13.0 Å². The minimum Gasteiger partial charge on any atom is -0.480 e. The number of rotatable bonds is 4. The second-order valence-electron chi connectivity index (χ2n) is 2.81. The van der Waals surface area contributed by atoms with Crippen molar-refractivity contribution in [2.75, 3.05) is 13.6 Å². The van der Waals surface area contributed by atoms with E-state index in [1.54, 1.807) is 0 Å². The van der Waals surface area contributed by atoms with Crippen LogP contribution in [0, 0.1) is 12.3 Å². The van der Waals surface area contributed by atoms with Gasteiger partial charge in [0, 0.05) is 20.0 Å². The highest BCUT2D eigenvalue weighted by molar-refractivity contribution is 5.82. The summed E-state index contributed by atoms with van der Waals surface area (Å²) in [7, 11) is 1.42. The van der Waals surface area contributed by atoms with E-state index in [-0.39, 0.29) is 0 Å². The van der Waals surface area contributed by atoms with Crippen LogP contribution in [0.15, 0.2) is 0 Å². The average molecular weight is 198 g/mol. The normalized spacial score (nSPS) is 11.2. The molecule has 0 aromatic rings. The topological polar surface area (TPSA) is 69.6 Å². The molecule has 0 spiro atoms. The van der Waals surface area contributed by atoms with Gasteiger partial charge in [0.2, 0.25) is 0 Å². The minimum absolute atomic E-state index is 0.353. The molecule has 0 rings (SSSR count). The van der Waals surface area contributed by atoms with Gasteiger partial charge in [-0.2, -0.15) is 0 Å². The number of amides is 2. The van der Waals surface area contributed by atoms with E-state index in [1.807, 2.05) is 0 Å². The molecule has 0 aliphatic carbocycles. The first kappa shape index (κ1) is 12.3. The molecule has 0 aliphatic heterocycles. The Kier molecular flexibility index (Phi) is 5.15. The van der Waals surface area contributed by atoms with Crippen LogP contribution in [-0.2, 0) is 4.79 Å².